The van der Waals surface area contributed by atoms with Gasteiger partial charge in [-0.05, 0) is 49.1 Å². The predicted molar refractivity (Wildman–Crippen MR) is 117 cm³/mol. The molecule has 0 fully saturated rings. The van der Waals surface area contributed by atoms with E-state index in [1.54, 1.807) is 0 Å². The van der Waals surface area contributed by atoms with E-state index in [0.717, 1.165) is 40.9 Å². The SMILES string of the molecule is Cc1ccccc1Nc1nc(NCCc2ccccc2)nc2c(C)cccc12. The van der Waals surface area contributed by atoms with E-state index in [2.05, 4.69) is 73.0 Å². The van der Waals surface area contributed by atoms with E-state index in [9.17, 15) is 0 Å². The second kappa shape index (κ2) is 8.09. The lowest BCUT2D eigenvalue weighted by atomic mass is 10.1. The van der Waals surface area contributed by atoms with Crippen molar-refractivity contribution < 1.29 is 0 Å². The van der Waals surface area contributed by atoms with Crippen LogP contribution in [0.3, 0.4) is 0 Å². The molecule has 0 saturated heterocycles. The van der Waals surface area contributed by atoms with Crippen LogP contribution >= 0.6 is 0 Å². The van der Waals surface area contributed by atoms with Gasteiger partial charge in [0, 0.05) is 17.6 Å². The Morgan fingerprint density at radius 3 is 2.32 bits per heavy atom. The molecule has 4 rings (SSSR count). The fourth-order valence-electron chi connectivity index (χ4n) is 3.27. The number of nitrogens with one attached hydrogen (secondary N) is 2. The number of nitrogens with zero attached hydrogens (tertiary/aromatic N) is 2. The number of hydrogen-bond donors (Lipinski definition) is 2. The topological polar surface area (TPSA) is 49.8 Å². The van der Waals surface area contributed by atoms with E-state index in [-0.39, 0.29) is 0 Å². The molecule has 28 heavy (non-hydrogen) atoms. The number of hydrogen-bond acceptors (Lipinski definition) is 4. The van der Waals surface area contributed by atoms with Crippen molar-refractivity contribution in [3.63, 3.8) is 0 Å². The molecule has 0 aliphatic rings. The molecule has 0 aliphatic carbocycles. The molecule has 0 bridgehead atoms. The Kier molecular flexibility index (Phi) is 5.20. The van der Waals surface area contributed by atoms with Crippen LogP contribution in [0.25, 0.3) is 10.9 Å². The molecule has 0 radical (unpaired) electrons. The van der Waals surface area contributed by atoms with Crippen LogP contribution in [-0.4, -0.2) is 16.5 Å². The standard InChI is InChI=1S/C24H24N4/c1-17-9-6-7-14-21(17)26-23-20-13-8-10-18(2)22(20)27-24(28-23)25-16-15-19-11-4-3-5-12-19/h3-14H,15-16H2,1-2H3,(H2,25,26,27,28). The summed E-state index contributed by atoms with van der Waals surface area (Å²) in [6.45, 7) is 4.96. The average molecular weight is 368 g/mol. The highest BCUT2D eigenvalue weighted by molar-refractivity contribution is 5.93. The summed E-state index contributed by atoms with van der Waals surface area (Å²) in [6.07, 6.45) is 0.927. The second-order valence-electron chi connectivity index (χ2n) is 6.97. The molecular weight excluding hydrogens is 344 g/mol. The van der Waals surface area contributed by atoms with Crippen molar-refractivity contribution in [1.82, 2.24) is 9.97 Å². The van der Waals surface area contributed by atoms with Crippen LogP contribution < -0.4 is 10.6 Å². The van der Waals surface area contributed by atoms with Crippen molar-refractivity contribution >= 4 is 28.4 Å². The van der Waals surface area contributed by atoms with Gasteiger partial charge in [-0.15, -0.1) is 0 Å². The molecule has 0 aliphatic heterocycles. The monoisotopic (exact) mass is 368 g/mol. The largest absolute Gasteiger partial charge is 0.354 e. The molecule has 0 spiro atoms. The molecule has 0 saturated carbocycles. The first kappa shape index (κ1) is 18.0. The van der Waals surface area contributed by atoms with Crippen LogP contribution in [-0.2, 0) is 6.42 Å². The van der Waals surface area contributed by atoms with Crippen molar-refractivity contribution in [3.8, 4) is 0 Å². The molecule has 4 aromatic rings. The summed E-state index contributed by atoms with van der Waals surface area (Å²) >= 11 is 0. The van der Waals surface area contributed by atoms with Gasteiger partial charge < -0.3 is 10.6 Å². The maximum atomic E-state index is 4.78. The van der Waals surface area contributed by atoms with Gasteiger partial charge >= 0.3 is 0 Å². The van der Waals surface area contributed by atoms with Crippen LogP contribution in [0.4, 0.5) is 17.5 Å². The van der Waals surface area contributed by atoms with Gasteiger partial charge in [0.1, 0.15) is 5.82 Å². The minimum Gasteiger partial charge on any atom is -0.354 e. The van der Waals surface area contributed by atoms with Crippen molar-refractivity contribution in [1.29, 1.82) is 0 Å². The fraction of sp³-hybridized carbons (Fsp3) is 0.167. The van der Waals surface area contributed by atoms with E-state index in [1.165, 1.54) is 11.1 Å². The maximum Gasteiger partial charge on any atom is 0.225 e. The Morgan fingerprint density at radius 2 is 1.50 bits per heavy atom. The molecule has 0 unspecified atom stereocenters. The lowest BCUT2D eigenvalue weighted by molar-refractivity contribution is 0.991. The van der Waals surface area contributed by atoms with E-state index >= 15 is 0 Å². The normalized spacial score (nSPS) is 10.8. The lowest BCUT2D eigenvalue weighted by Crippen LogP contribution is -2.10. The first-order valence-corrected chi connectivity index (χ1v) is 9.58. The summed E-state index contributed by atoms with van der Waals surface area (Å²) in [4.78, 5) is 9.54. The Labute approximate surface area is 165 Å². The number of rotatable bonds is 6. The lowest BCUT2D eigenvalue weighted by Gasteiger charge is -2.14. The average Bonchev–Trinajstić information content (AvgIpc) is 2.71. The summed E-state index contributed by atoms with van der Waals surface area (Å²) in [5, 5.41) is 7.92. The first-order valence-electron chi connectivity index (χ1n) is 9.58. The van der Waals surface area contributed by atoms with Crippen LogP contribution in [0.2, 0.25) is 0 Å². The summed E-state index contributed by atoms with van der Waals surface area (Å²) in [5.74, 6) is 1.47. The van der Waals surface area contributed by atoms with Crippen LogP contribution in [0.1, 0.15) is 16.7 Å². The summed E-state index contributed by atoms with van der Waals surface area (Å²) in [7, 11) is 0. The van der Waals surface area contributed by atoms with E-state index in [0.29, 0.717) is 5.95 Å². The Bertz CT molecular complexity index is 1090. The fourth-order valence-corrected chi connectivity index (χ4v) is 3.27. The van der Waals surface area contributed by atoms with Crippen LogP contribution in [0.15, 0.2) is 72.8 Å². The number of aromatic nitrogens is 2. The van der Waals surface area contributed by atoms with E-state index in [4.69, 9.17) is 9.97 Å². The molecule has 4 nitrogen and oxygen atoms in total. The molecular formula is C24H24N4. The van der Waals surface area contributed by atoms with Crippen molar-refractivity contribution in [3.05, 3.63) is 89.5 Å². The molecule has 1 heterocycles. The van der Waals surface area contributed by atoms with Gasteiger partial charge in [-0.1, -0.05) is 60.7 Å². The van der Waals surface area contributed by atoms with Crippen LogP contribution in [0.5, 0.6) is 0 Å². The predicted octanol–water partition coefficient (Wildman–Crippen LogP) is 5.64. The Balaban J connectivity index is 1.64. The number of para-hydroxylation sites is 2. The number of aryl methyl sites for hydroxylation is 2. The number of benzene rings is 3. The molecule has 2 N–H and O–H groups in total. The first-order chi connectivity index (χ1) is 13.7. The minimum absolute atomic E-state index is 0.647. The minimum atomic E-state index is 0.647. The van der Waals surface area contributed by atoms with Gasteiger partial charge in [0.05, 0.1) is 5.52 Å². The summed E-state index contributed by atoms with van der Waals surface area (Å²) in [6, 6.07) is 24.9. The molecule has 0 atom stereocenters. The van der Waals surface area contributed by atoms with Crippen molar-refractivity contribution in [2.24, 2.45) is 0 Å². The molecule has 0 amide bonds. The smallest absolute Gasteiger partial charge is 0.225 e. The van der Waals surface area contributed by atoms with Gasteiger partial charge in [0.15, 0.2) is 0 Å². The molecule has 3 aromatic carbocycles. The second-order valence-corrected chi connectivity index (χ2v) is 6.97. The highest BCUT2D eigenvalue weighted by Crippen LogP contribution is 2.28. The van der Waals surface area contributed by atoms with Crippen LogP contribution in [0, 0.1) is 13.8 Å². The number of anilines is 3. The van der Waals surface area contributed by atoms with E-state index < -0.39 is 0 Å². The van der Waals surface area contributed by atoms with Gasteiger partial charge in [-0.25, -0.2) is 4.98 Å². The molecule has 4 heteroatoms. The number of fused-ring (bicyclic) bond motifs is 1. The zero-order valence-electron chi connectivity index (χ0n) is 16.2. The quantitative estimate of drug-likeness (QED) is 0.462. The van der Waals surface area contributed by atoms with Gasteiger partial charge in [-0.2, -0.15) is 4.98 Å². The maximum absolute atomic E-state index is 4.78. The molecule has 140 valence electrons. The molecule has 1 aromatic heterocycles. The van der Waals surface area contributed by atoms with Gasteiger partial charge in [-0.3, -0.25) is 0 Å². The van der Waals surface area contributed by atoms with Crippen molar-refractivity contribution in [2.45, 2.75) is 20.3 Å². The van der Waals surface area contributed by atoms with E-state index in [1.807, 2.05) is 24.3 Å². The third-order valence-corrected chi connectivity index (χ3v) is 4.87. The van der Waals surface area contributed by atoms with Gasteiger partial charge in [0.25, 0.3) is 0 Å². The highest BCUT2D eigenvalue weighted by atomic mass is 15.1. The summed E-state index contributed by atoms with van der Waals surface area (Å²) < 4.78 is 0. The third-order valence-electron chi connectivity index (χ3n) is 4.87. The van der Waals surface area contributed by atoms with Gasteiger partial charge in [0.2, 0.25) is 5.95 Å². The zero-order valence-corrected chi connectivity index (χ0v) is 16.2. The Hall–Kier alpha value is -3.40. The summed E-state index contributed by atoms with van der Waals surface area (Å²) in [5.41, 5.74) is 5.64. The third kappa shape index (κ3) is 3.96. The Morgan fingerprint density at radius 1 is 0.750 bits per heavy atom. The highest BCUT2D eigenvalue weighted by Gasteiger charge is 2.10. The van der Waals surface area contributed by atoms with Crippen molar-refractivity contribution in [2.75, 3.05) is 17.2 Å². The zero-order chi connectivity index (χ0) is 19.3.